The molecular weight excluding hydrogens is 258 g/mol. The molecule has 0 bridgehead atoms. The first-order valence-electron chi connectivity index (χ1n) is 5.88. The lowest BCUT2D eigenvalue weighted by Gasteiger charge is -2.22. The summed E-state index contributed by atoms with van der Waals surface area (Å²) in [5, 5.41) is 0. The van der Waals surface area contributed by atoms with Crippen LogP contribution in [0, 0.1) is 0 Å². The summed E-state index contributed by atoms with van der Waals surface area (Å²) in [6, 6.07) is 5.97. The first-order valence-corrected chi connectivity index (χ1v) is 5.88. The third-order valence-electron chi connectivity index (χ3n) is 3.45. The fourth-order valence-electron chi connectivity index (χ4n) is 2.50. The summed E-state index contributed by atoms with van der Waals surface area (Å²) in [4.78, 5) is 25.2. The molecule has 0 unspecified atom stereocenters. The van der Waals surface area contributed by atoms with Crippen molar-refractivity contribution in [1.29, 1.82) is 0 Å². The average Bonchev–Trinajstić information content (AvgIpc) is 2.41. The molecule has 6 heteroatoms. The number of nitrogen functional groups attached to an aromatic ring is 4. The van der Waals surface area contributed by atoms with Crippen molar-refractivity contribution in [2.24, 2.45) is 0 Å². The smallest absolute Gasteiger partial charge is 0.198 e. The first kappa shape index (κ1) is 12.0. The second-order valence-corrected chi connectivity index (χ2v) is 4.65. The molecule has 1 aliphatic rings. The van der Waals surface area contributed by atoms with Crippen LogP contribution in [0.1, 0.15) is 31.8 Å². The second kappa shape index (κ2) is 3.74. The molecule has 0 radical (unpaired) electrons. The Kier molecular flexibility index (Phi) is 2.25. The van der Waals surface area contributed by atoms with Gasteiger partial charge in [-0.2, -0.15) is 0 Å². The molecular formula is C14H12N4O2. The molecule has 0 amide bonds. The molecule has 0 atom stereocenters. The normalized spacial score (nSPS) is 13.0. The van der Waals surface area contributed by atoms with E-state index >= 15 is 0 Å². The maximum absolute atomic E-state index is 12.6. The monoisotopic (exact) mass is 270 g/mol. The third-order valence-corrected chi connectivity index (χ3v) is 3.45. The van der Waals surface area contributed by atoms with Crippen molar-refractivity contribution in [1.82, 2.24) is 0 Å². The average molecular weight is 270 g/mol. The fourth-order valence-corrected chi connectivity index (χ4v) is 2.50. The molecule has 6 nitrogen and oxygen atoms in total. The highest BCUT2D eigenvalue weighted by atomic mass is 16.3. The molecule has 100 valence electrons. The molecule has 1 aliphatic carbocycles. The van der Waals surface area contributed by atoms with Crippen LogP contribution in [0.4, 0.5) is 22.7 Å². The van der Waals surface area contributed by atoms with Crippen molar-refractivity contribution in [2.45, 2.75) is 0 Å². The summed E-state index contributed by atoms with van der Waals surface area (Å²) in [5.74, 6) is -0.853. The summed E-state index contributed by atoms with van der Waals surface area (Å²) in [7, 11) is 0. The minimum atomic E-state index is -0.427. The lowest BCUT2D eigenvalue weighted by Crippen LogP contribution is -2.26. The lowest BCUT2D eigenvalue weighted by atomic mass is 9.92. The molecule has 0 heterocycles. The van der Waals surface area contributed by atoms with Crippen molar-refractivity contribution in [3.05, 3.63) is 46.5 Å². The molecule has 0 aromatic heterocycles. The second-order valence-electron chi connectivity index (χ2n) is 4.65. The molecule has 0 aliphatic heterocycles. The van der Waals surface area contributed by atoms with E-state index < -0.39 is 11.6 Å². The number of nitrogens with two attached hydrogens (primary N) is 4. The van der Waals surface area contributed by atoms with E-state index in [0.717, 1.165) is 0 Å². The first-order chi connectivity index (χ1) is 9.43. The maximum Gasteiger partial charge on any atom is 0.198 e. The Balaban J connectivity index is 2.46. The van der Waals surface area contributed by atoms with Gasteiger partial charge in [-0.1, -0.05) is 0 Å². The van der Waals surface area contributed by atoms with Gasteiger partial charge in [-0.25, -0.2) is 0 Å². The van der Waals surface area contributed by atoms with Crippen molar-refractivity contribution in [2.75, 3.05) is 22.9 Å². The van der Waals surface area contributed by atoms with Crippen LogP contribution in [0.25, 0.3) is 0 Å². The van der Waals surface area contributed by atoms with Crippen LogP contribution in [0.3, 0.4) is 0 Å². The van der Waals surface area contributed by atoms with Gasteiger partial charge in [-0.05, 0) is 24.3 Å². The van der Waals surface area contributed by atoms with E-state index in [1.165, 1.54) is 24.3 Å². The largest absolute Gasteiger partial charge is 0.398 e. The molecule has 0 fully saturated rings. The van der Waals surface area contributed by atoms with E-state index in [0.29, 0.717) is 0 Å². The van der Waals surface area contributed by atoms with E-state index in [9.17, 15) is 9.59 Å². The van der Waals surface area contributed by atoms with Crippen molar-refractivity contribution >= 4 is 34.3 Å². The van der Waals surface area contributed by atoms with E-state index in [1.54, 1.807) is 0 Å². The zero-order valence-electron chi connectivity index (χ0n) is 10.4. The highest BCUT2D eigenvalue weighted by Gasteiger charge is 2.35. The van der Waals surface area contributed by atoms with Crippen LogP contribution in [0.15, 0.2) is 24.3 Å². The minimum Gasteiger partial charge on any atom is -0.398 e. The van der Waals surface area contributed by atoms with E-state index in [2.05, 4.69) is 0 Å². The quantitative estimate of drug-likeness (QED) is 0.445. The van der Waals surface area contributed by atoms with Crippen LogP contribution in [-0.2, 0) is 0 Å². The Morgan fingerprint density at radius 1 is 0.700 bits per heavy atom. The van der Waals surface area contributed by atoms with Crippen LogP contribution in [0.2, 0.25) is 0 Å². The summed E-state index contributed by atoms with van der Waals surface area (Å²) < 4.78 is 0. The summed E-state index contributed by atoms with van der Waals surface area (Å²) in [6.07, 6.45) is 0. The Hall–Kier alpha value is -3.02. The topological polar surface area (TPSA) is 138 Å². The number of benzene rings is 2. The zero-order chi connectivity index (χ0) is 14.6. The fraction of sp³-hybridized carbons (Fsp3) is 0. The third kappa shape index (κ3) is 1.33. The van der Waals surface area contributed by atoms with Crippen molar-refractivity contribution < 1.29 is 9.59 Å². The number of anilines is 4. The number of carbonyl (C=O) groups is 2. The Bertz CT molecular complexity index is 667. The zero-order valence-corrected chi connectivity index (χ0v) is 10.4. The summed E-state index contributed by atoms with van der Waals surface area (Å²) >= 11 is 0. The summed E-state index contributed by atoms with van der Waals surface area (Å²) in [5.41, 5.74) is 24.4. The Morgan fingerprint density at radius 2 is 1.05 bits per heavy atom. The molecule has 3 rings (SSSR count). The van der Waals surface area contributed by atoms with Crippen molar-refractivity contribution in [3.8, 4) is 0 Å². The van der Waals surface area contributed by atoms with Gasteiger partial charge in [-0.15, -0.1) is 0 Å². The van der Waals surface area contributed by atoms with Gasteiger partial charge in [0, 0.05) is 22.7 Å². The van der Waals surface area contributed by atoms with Crippen LogP contribution in [0.5, 0.6) is 0 Å². The predicted octanol–water partition coefficient (Wildman–Crippen LogP) is 0.791. The van der Waals surface area contributed by atoms with E-state index in [-0.39, 0.29) is 45.0 Å². The van der Waals surface area contributed by atoms with Gasteiger partial charge in [0.15, 0.2) is 11.6 Å². The van der Waals surface area contributed by atoms with Gasteiger partial charge in [0.25, 0.3) is 0 Å². The molecule has 0 saturated carbocycles. The lowest BCUT2D eigenvalue weighted by molar-refractivity contribution is 0.0981. The Labute approximate surface area is 114 Å². The molecule has 2 aromatic carbocycles. The number of carbonyl (C=O) groups excluding carboxylic acids is 2. The number of hydrogen-bond donors (Lipinski definition) is 4. The van der Waals surface area contributed by atoms with Gasteiger partial charge in [0.05, 0.1) is 22.3 Å². The number of hydrogen-bond acceptors (Lipinski definition) is 6. The van der Waals surface area contributed by atoms with Crippen molar-refractivity contribution in [3.63, 3.8) is 0 Å². The maximum atomic E-state index is 12.6. The minimum absolute atomic E-state index is 0.0970. The number of ketones is 2. The number of fused-ring (bicyclic) bond motifs is 2. The molecule has 2 aromatic rings. The molecule has 0 spiro atoms. The summed E-state index contributed by atoms with van der Waals surface area (Å²) in [6.45, 7) is 0. The van der Waals surface area contributed by atoms with Crippen LogP contribution >= 0.6 is 0 Å². The highest BCUT2D eigenvalue weighted by molar-refractivity contribution is 6.34. The SMILES string of the molecule is Nc1ccc(N)c2c1C(=O)c1c(N)ccc(N)c1[14C]2=O. The van der Waals surface area contributed by atoms with Gasteiger partial charge >= 0.3 is 0 Å². The highest BCUT2D eigenvalue weighted by Crippen LogP contribution is 2.38. The van der Waals surface area contributed by atoms with Gasteiger partial charge in [0.1, 0.15) is 0 Å². The van der Waals surface area contributed by atoms with Gasteiger partial charge < -0.3 is 22.9 Å². The van der Waals surface area contributed by atoms with Gasteiger partial charge in [-0.3, -0.25) is 9.59 Å². The molecule has 0 saturated heterocycles. The van der Waals surface area contributed by atoms with Crippen LogP contribution < -0.4 is 22.9 Å². The predicted molar refractivity (Wildman–Crippen MR) is 77.4 cm³/mol. The standard InChI is InChI=1S/C14H12N4O2/c15-5-1-2-6(16)10-9(5)13(19)11-7(17)3-4-8(18)12(11)14(10)20/h1-4H,15-18H2/i13+2. The Morgan fingerprint density at radius 3 is 1.45 bits per heavy atom. The van der Waals surface area contributed by atoms with Gasteiger partial charge in [0.2, 0.25) is 0 Å². The number of rotatable bonds is 0. The molecule has 20 heavy (non-hydrogen) atoms. The molecule has 8 N–H and O–H groups in total. The van der Waals surface area contributed by atoms with E-state index in [1.807, 2.05) is 0 Å². The van der Waals surface area contributed by atoms with E-state index in [4.69, 9.17) is 22.9 Å². The van der Waals surface area contributed by atoms with Crippen LogP contribution in [-0.4, -0.2) is 11.6 Å².